The third-order valence-electron chi connectivity index (χ3n) is 5.39. The number of nitrogens with one attached hydrogen (secondary N) is 2. The van der Waals surface area contributed by atoms with Crippen LogP contribution in [0.5, 0.6) is 11.5 Å². The lowest BCUT2D eigenvalue weighted by Crippen LogP contribution is -2.54. The molecule has 5 amide bonds. The second-order valence-corrected chi connectivity index (χ2v) is 8.13. The topological polar surface area (TPSA) is 114 Å². The van der Waals surface area contributed by atoms with E-state index in [-0.39, 0.29) is 23.8 Å². The van der Waals surface area contributed by atoms with E-state index in [1.807, 2.05) is 32.0 Å². The quantitative estimate of drug-likeness (QED) is 0.357. The highest BCUT2D eigenvalue weighted by Gasteiger charge is 2.37. The first-order valence-electron chi connectivity index (χ1n) is 11.6. The molecule has 1 aliphatic rings. The summed E-state index contributed by atoms with van der Waals surface area (Å²) in [5.74, 6) is -1.11. The van der Waals surface area contributed by atoms with Gasteiger partial charge >= 0.3 is 6.03 Å². The Morgan fingerprint density at radius 3 is 2.46 bits per heavy atom. The first-order valence-corrected chi connectivity index (χ1v) is 11.6. The van der Waals surface area contributed by atoms with Crippen LogP contribution < -0.4 is 25.0 Å². The van der Waals surface area contributed by atoms with Crippen molar-refractivity contribution in [1.82, 2.24) is 5.32 Å². The van der Waals surface area contributed by atoms with Crippen molar-refractivity contribution < 1.29 is 28.7 Å². The van der Waals surface area contributed by atoms with Crippen molar-refractivity contribution >= 4 is 41.2 Å². The molecule has 0 bridgehead atoms. The molecule has 0 radical (unpaired) electrons. The zero-order valence-corrected chi connectivity index (χ0v) is 20.3. The number of nitrogens with zero attached hydrogens (tertiary/aromatic N) is 1. The van der Waals surface area contributed by atoms with Crippen molar-refractivity contribution in [3.8, 4) is 11.5 Å². The van der Waals surface area contributed by atoms with Gasteiger partial charge in [-0.3, -0.25) is 19.7 Å². The van der Waals surface area contributed by atoms with E-state index in [1.165, 1.54) is 6.08 Å². The van der Waals surface area contributed by atoms with Crippen LogP contribution in [-0.2, 0) is 14.4 Å². The van der Waals surface area contributed by atoms with Crippen LogP contribution in [0.3, 0.4) is 0 Å². The molecule has 188 valence electrons. The van der Waals surface area contributed by atoms with E-state index in [4.69, 9.17) is 9.47 Å². The van der Waals surface area contributed by atoms with Crippen LogP contribution in [0.4, 0.5) is 16.2 Å². The van der Waals surface area contributed by atoms with Gasteiger partial charge in [-0.05, 0) is 68.0 Å². The molecule has 0 aliphatic carbocycles. The van der Waals surface area contributed by atoms with Gasteiger partial charge < -0.3 is 14.8 Å². The summed E-state index contributed by atoms with van der Waals surface area (Å²) in [6, 6.07) is 19.5. The molecule has 0 unspecified atom stereocenters. The molecule has 1 aliphatic heterocycles. The second-order valence-electron chi connectivity index (χ2n) is 8.13. The minimum absolute atomic E-state index is 0.256. The van der Waals surface area contributed by atoms with E-state index in [0.29, 0.717) is 29.4 Å². The average molecular weight is 500 g/mol. The maximum absolute atomic E-state index is 13.2. The Bertz CT molecular complexity index is 1380. The molecule has 9 nitrogen and oxygen atoms in total. The zero-order valence-electron chi connectivity index (χ0n) is 20.3. The van der Waals surface area contributed by atoms with Crippen LogP contribution in [0.15, 0.2) is 78.4 Å². The lowest BCUT2D eigenvalue weighted by molar-refractivity contribution is -0.122. The number of urea groups is 1. The smallest absolute Gasteiger partial charge is 0.335 e. The maximum Gasteiger partial charge on any atom is 0.335 e. The highest BCUT2D eigenvalue weighted by molar-refractivity contribution is 6.39. The minimum atomic E-state index is -0.853. The van der Waals surface area contributed by atoms with E-state index in [1.54, 1.807) is 54.6 Å². The maximum atomic E-state index is 13.2. The number of imide groups is 2. The number of ether oxygens (including phenoxy) is 2. The first kappa shape index (κ1) is 25.2. The number of para-hydroxylation sites is 1. The van der Waals surface area contributed by atoms with E-state index in [9.17, 15) is 19.2 Å². The molecule has 1 saturated heterocycles. The van der Waals surface area contributed by atoms with Crippen molar-refractivity contribution in [3.05, 3.63) is 89.5 Å². The molecule has 3 aromatic rings. The van der Waals surface area contributed by atoms with E-state index in [2.05, 4.69) is 10.6 Å². The molecule has 37 heavy (non-hydrogen) atoms. The van der Waals surface area contributed by atoms with E-state index < -0.39 is 17.8 Å². The molecule has 2 N–H and O–H groups in total. The summed E-state index contributed by atoms with van der Waals surface area (Å²) in [7, 11) is 0. The molecular formula is C28H25N3O6. The Balaban J connectivity index is 1.53. The van der Waals surface area contributed by atoms with Gasteiger partial charge in [0.2, 0.25) is 0 Å². The van der Waals surface area contributed by atoms with Crippen molar-refractivity contribution in [2.45, 2.75) is 13.8 Å². The standard InChI is InChI=1S/C28H25N3O6/c1-3-36-22-13-11-21(12-14-22)31-27(34)23(26(33)30-28(31)35)16-19-8-4-5-10-24(19)37-17-25(32)29-20-9-6-7-18(2)15-20/h4-16H,3,17H2,1-2H3,(H,29,32)(H,30,33,35)/b23-16+. The van der Waals surface area contributed by atoms with Gasteiger partial charge in [0.15, 0.2) is 6.61 Å². The summed E-state index contributed by atoms with van der Waals surface area (Å²) < 4.78 is 11.1. The highest BCUT2D eigenvalue weighted by atomic mass is 16.5. The molecule has 1 fully saturated rings. The fourth-order valence-corrected chi connectivity index (χ4v) is 3.70. The lowest BCUT2D eigenvalue weighted by Gasteiger charge is -2.26. The fraction of sp³-hybridized carbons (Fsp3) is 0.143. The Morgan fingerprint density at radius 2 is 1.73 bits per heavy atom. The van der Waals surface area contributed by atoms with Crippen LogP contribution in [0, 0.1) is 6.92 Å². The van der Waals surface area contributed by atoms with Crippen LogP contribution >= 0.6 is 0 Å². The molecule has 9 heteroatoms. The number of anilines is 2. The molecule has 1 heterocycles. The number of benzene rings is 3. The lowest BCUT2D eigenvalue weighted by atomic mass is 10.1. The van der Waals surface area contributed by atoms with Gasteiger partial charge in [-0.25, -0.2) is 9.69 Å². The van der Waals surface area contributed by atoms with Crippen molar-refractivity contribution in [2.24, 2.45) is 0 Å². The number of rotatable bonds is 8. The van der Waals surface area contributed by atoms with Gasteiger partial charge in [0.1, 0.15) is 17.1 Å². The minimum Gasteiger partial charge on any atom is -0.494 e. The Labute approximate surface area is 213 Å². The summed E-state index contributed by atoms with van der Waals surface area (Å²) in [5, 5.41) is 4.95. The van der Waals surface area contributed by atoms with Gasteiger partial charge in [0.25, 0.3) is 17.7 Å². The van der Waals surface area contributed by atoms with E-state index in [0.717, 1.165) is 10.5 Å². The van der Waals surface area contributed by atoms with Gasteiger partial charge in [-0.1, -0.05) is 30.3 Å². The molecule has 0 saturated carbocycles. The third-order valence-corrected chi connectivity index (χ3v) is 5.39. The zero-order chi connectivity index (χ0) is 26.4. The number of hydrogen-bond donors (Lipinski definition) is 2. The Hall–Kier alpha value is -4.92. The number of carbonyl (C=O) groups excluding carboxylic acids is 4. The Kier molecular flexibility index (Phi) is 7.63. The number of amides is 5. The van der Waals surface area contributed by atoms with Crippen LogP contribution in [0.2, 0.25) is 0 Å². The molecular weight excluding hydrogens is 474 g/mol. The largest absolute Gasteiger partial charge is 0.494 e. The number of carbonyl (C=O) groups is 4. The average Bonchev–Trinajstić information content (AvgIpc) is 2.87. The van der Waals surface area contributed by atoms with Crippen LogP contribution in [0.25, 0.3) is 6.08 Å². The fourth-order valence-electron chi connectivity index (χ4n) is 3.70. The summed E-state index contributed by atoms with van der Waals surface area (Å²) in [4.78, 5) is 51.5. The summed E-state index contributed by atoms with van der Waals surface area (Å²) >= 11 is 0. The van der Waals surface area contributed by atoms with Gasteiger partial charge in [-0.2, -0.15) is 0 Å². The molecule has 0 atom stereocenters. The monoisotopic (exact) mass is 499 g/mol. The molecule has 0 aromatic heterocycles. The van der Waals surface area contributed by atoms with E-state index >= 15 is 0 Å². The normalized spacial score (nSPS) is 14.4. The predicted octanol–water partition coefficient (Wildman–Crippen LogP) is 4.08. The van der Waals surface area contributed by atoms with Crippen LogP contribution in [0.1, 0.15) is 18.1 Å². The molecule has 4 rings (SSSR count). The molecule has 3 aromatic carbocycles. The SMILES string of the molecule is CCOc1ccc(N2C(=O)NC(=O)/C(=C\c3ccccc3OCC(=O)Nc3cccc(C)c3)C2=O)cc1. The van der Waals surface area contributed by atoms with Crippen molar-refractivity contribution in [3.63, 3.8) is 0 Å². The predicted molar refractivity (Wildman–Crippen MR) is 138 cm³/mol. The third kappa shape index (κ3) is 6.02. The summed E-state index contributed by atoms with van der Waals surface area (Å²) in [5.41, 5.74) is 2.07. The number of aryl methyl sites for hydroxylation is 1. The summed E-state index contributed by atoms with van der Waals surface area (Å²) in [6.07, 6.45) is 1.33. The molecule has 0 spiro atoms. The number of barbiturate groups is 1. The first-order chi connectivity index (χ1) is 17.9. The van der Waals surface area contributed by atoms with Crippen molar-refractivity contribution in [1.29, 1.82) is 0 Å². The number of hydrogen-bond acceptors (Lipinski definition) is 6. The van der Waals surface area contributed by atoms with Gasteiger partial charge in [-0.15, -0.1) is 0 Å². The summed E-state index contributed by atoms with van der Waals surface area (Å²) in [6.45, 7) is 3.95. The van der Waals surface area contributed by atoms with Gasteiger partial charge in [0.05, 0.1) is 12.3 Å². The van der Waals surface area contributed by atoms with Crippen LogP contribution in [-0.4, -0.2) is 37.0 Å². The Morgan fingerprint density at radius 1 is 0.973 bits per heavy atom. The second kappa shape index (κ2) is 11.2. The van der Waals surface area contributed by atoms with Gasteiger partial charge in [0, 0.05) is 11.3 Å². The highest BCUT2D eigenvalue weighted by Crippen LogP contribution is 2.27. The van der Waals surface area contributed by atoms with Crippen molar-refractivity contribution in [2.75, 3.05) is 23.4 Å².